The van der Waals surface area contributed by atoms with Crippen molar-refractivity contribution in [1.82, 2.24) is 0 Å². The van der Waals surface area contributed by atoms with E-state index in [4.69, 9.17) is 4.74 Å². The number of hydrogen-bond donors (Lipinski definition) is 2. The molecule has 1 heterocycles. The lowest BCUT2D eigenvalue weighted by Gasteiger charge is -2.10. The molecule has 3 aromatic rings. The highest BCUT2D eigenvalue weighted by Gasteiger charge is 2.12. The Labute approximate surface area is 153 Å². The summed E-state index contributed by atoms with van der Waals surface area (Å²) in [6, 6.07) is 13.9. The smallest absolute Gasteiger partial charge is 0.265 e. The van der Waals surface area contributed by atoms with Gasteiger partial charge < -0.3 is 15.4 Å². The largest absolute Gasteiger partial charge is 0.494 e. The number of methoxy groups -OCH3 is 1. The molecule has 0 aliphatic carbocycles. The van der Waals surface area contributed by atoms with Crippen molar-refractivity contribution in [2.24, 2.45) is 0 Å². The molecule has 2 N–H and O–H groups in total. The van der Waals surface area contributed by atoms with Gasteiger partial charge in [-0.3, -0.25) is 9.59 Å². The molecular weight excluding hydrogens is 355 g/mol. The first-order chi connectivity index (χ1) is 12.6. The van der Waals surface area contributed by atoms with Crippen molar-refractivity contribution in [2.45, 2.75) is 0 Å². The van der Waals surface area contributed by atoms with Crippen LogP contribution in [0.4, 0.5) is 15.8 Å². The highest BCUT2D eigenvalue weighted by atomic mass is 32.1. The van der Waals surface area contributed by atoms with E-state index in [9.17, 15) is 14.0 Å². The van der Waals surface area contributed by atoms with Crippen LogP contribution in [0.25, 0.3) is 0 Å². The van der Waals surface area contributed by atoms with E-state index >= 15 is 0 Å². The third-order valence-corrected chi connectivity index (χ3v) is 4.43. The summed E-state index contributed by atoms with van der Waals surface area (Å²) in [5.41, 5.74) is 1.35. The predicted octanol–water partition coefficient (Wildman–Crippen LogP) is 4.40. The molecule has 0 radical (unpaired) electrons. The molecule has 0 fully saturated rings. The number of halogens is 1. The van der Waals surface area contributed by atoms with Crippen molar-refractivity contribution in [3.05, 3.63) is 76.2 Å². The third-order valence-electron chi connectivity index (χ3n) is 3.56. The summed E-state index contributed by atoms with van der Waals surface area (Å²) in [5, 5.41) is 7.26. The fourth-order valence-electron chi connectivity index (χ4n) is 2.27. The molecule has 2 aromatic carbocycles. The van der Waals surface area contributed by atoms with Crippen LogP contribution < -0.4 is 15.4 Å². The minimum Gasteiger partial charge on any atom is -0.494 e. The van der Waals surface area contributed by atoms with Crippen LogP contribution in [0.3, 0.4) is 0 Å². The number of rotatable bonds is 5. The zero-order valence-electron chi connectivity index (χ0n) is 13.8. The molecule has 2 amide bonds. The highest BCUT2D eigenvalue weighted by Crippen LogP contribution is 2.25. The lowest BCUT2D eigenvalue weighted by atomic mass is 10.2. The summed E-state index contributed by atoms with van der Waals surface area (Å²) in [7, 11) is 1.40. The van der Waals surface area contributed by atoms with Gasteiger partial charge in [0.1, 0.15) is 11.6 Å². The van der Waals surface area contributed by atoms with Gasteiger partial charge in [-0.2, -0.15) is 0 Å². The topological polar surface area (TPSA) is 67.4 Å². The Morgan fingerprint density at radius 2 is 1.77 bits per heavy atom. The molecule has 0 bridgehead atoms. The first kappa shape index (κ1) is 17.6. The van der Waals surface area contributed by atoms with Gasteiger partial charge in [0.25, 0.3) is 11.8 Å². The van der Waals surface area contributed by atoms with Gasteiger partial charge in [-0.1, -0.05) is 6.07 Å². The van der Waals surface area contributed by atoms with Crippen molar-refractivity contribution < 1.29 is 18.7 Å². The summed E-state index contributed by atoms with van der Waals surface area (Å²) in [5.74, 6) is -0.789. The zero-order chi connectivity index (χ0) is 18.5. The van der Waals surface area contributed by atoms with Crippen LogP contribution in [0.1, 0.15) is 20.0 Å². The fraction of sp³-hybridized carbons (Fsp3) is 0.0526. The quantitative estimate of drug-likeness (QED) is 0.699. The van der Waals surface area contributed by atoms with Gasteiger partial charge in [0.05, 0.1) is 17.7 Å². The number of benzene rings is 2. The number of carbonyl (C=O) groups excluding carboxylic acids is 2. The van der Waals surface area contributed by atoms with Gasteiger partial charge in [-0.05, 0) is 47.8 Å². The molecule has 7 heteroatoms. The van der Waals surface area contributed by atoms with E-state index in [2.05, 4.69) is 10.6 Å². The second kappa shape index (κ2) is 7.79. The molecule has 26 heavy (non-hydrogen) atoms. The number of carbonyl (C=O) groups is 2. The van der Waals surface area contributed by atoms with Crippen LogP contribution in [0, 0.1) is 5.82 Å². The molecule has 0 unspecified atom stereocenters. The lowest BCUT2D eigenvalue weighted by molar-refractivity contribution is 0.102. The van der Waals surface area contributed by atoms with Crippen LogP contribution in [0.5, 0.6) is 5.75 Å². The molecule has 0 aliphatic heterocycles. The molecule has 5 nitrogen and oxygen atoms in total. The van der Waals surface area contributed by atoms with Crippen LogP contribution in [0.15, 0.2) is 60.0 Å². The van der Waals surface area contributed by atoms with Crippen LogP contribution in [0.2, 0.25) is 0 Å². The summed E-state index contributed by atoms with van der Waals surface area (Å²) >= 11 is 1.35. The Bertz CT molecular complexity index is 924. The maximum atomic E-state index is 13.2. The van der Waals surface area contributed by atoms with Gasteiger partial charge in [-0.25, -0.2) is 4.39 Å². The van der Waals surface area contributed by atoms with Gasteiger partial charge in [0.15, 0.2) is 0 Å². The maximum Gasteiger partial charge on any atom is 0.265 e. The van der Waals surface area contributed by atoms with Gasteiger partial charge in [0.2, 0.25) is 0 Å². The highest BCUT2D eigenvalue weighted by molar-refractivity contribution is 7.12. The number of thiophene rings is 1. The Hall–Kier alpha value is -3.19. The minimum atomic E-state index is -0.453. The van der Waals surface area contributed by atoms with Crippen molar-refractivity contribution in [3.63, 3.8) is 0 Å². The van der Waals surface area contributed by atoms with Crippen molar-refractivity contribution >= 4 is 34.5 Å². The number of nitrogens with one attached hydrogen (secondary N) is 2. The average Bonchev–Trinajstić information content (AvgIpc) is 3.18. The average molecular weight is 370 g/mol. The van der Waals surface area contributed by atoms with Crippen molar-refractivity contribution in [2.75, 3.05) is 17.7 Å². The fourth-order valence-corrected chi connectivity index (χ4v) is 2.89. The molecule has 1 aromatic heterocycles. The molecular formula is C19H15FN2O3S. The molecule has 0 atom stereocenters. The Balaban J connectivity index is 1.68. The molecule has 0 spiro atoms. The van der Waals surface area contributed by atoms with Crippen molar-refractivity contribution in [1.29, 1.82) is 0 Å². The van der Waals surface area contributed by atoms with E-state index in [1.54, 1.807) is 36.4 Å². The zero-order valence-corrected chi connectivity index (χ0v) is 14.6. The van der Waals surface area contributed by atoms with Crippen LogP contribution >= 0.6 is 11.3 Å². The molecule has 0 aliphatic rings. The van der Waals surface area contributed by atoms with E-state index in [1.807, 2.05) is 5.38 Å². The summed E-state index contributed by atoms with van der Waals surface area (Å²) < 4.78 is 18.3. The Kier molecular flexibility index (Phi) is 5.28. The van der Waals surface area contributed by atoms with Gasteiger partial charge >= 0.3 is 0 Å². The van der Waals surface area contributed by atoms with E-state index in [-0.39, 0.29) is 17.6 Å². The van der Waals surface area contributed by atoms with Crippen LogP contribution in [-0.4, -0.2) is 18.9 Å². The maximum absolute atomic E-state index is 13.2. The second-order valence-corrected chi connectivity index (χ2v) is 6.26. The van der Waals surface area contributed by atoms with E-state index in [0.29, 0.717) is 21.8 Å². The van der Waals surface area contributed by atoms with E-state index in [0.717, 1.165) is 0 Å². The summed E-state index contributed by atoms with van der Waals surface area (Å²) in [6.07, 6.45) is 0. The van der Waals surface area contributed by atoms with Crippen molar-refractivity contribution in [3.8, 4) is 5.75 Å². The van der Waals surface area contributed by atoms with Gasteiger partial charge in [0, 0.05) is 17.3 Å². The first-order valence-electron chi connectivity index (χ1n) is 7.66. The predicted molar refractivity (Wildman–Crippen MR) is 99.6 cm³/mol. The molecule has 0 saturated heterocycles. The first-order valence-corrected chi connectivity index (χ1v) is 8.54. The van der Waals surface area contributed by atoms with E-state index in [1.165, 1.54) is 36.6 Å². The molecule has 3 rings (SSSR count). The minimum absolute atomic E-state index is 0.201. The Morgan fingerprint density at radius 3 is 2.42 bits per heavy atom. The number of anilines is 2. The van der Waals surface area contributed by atoms with Gasteiger partial charge in [-0.15, -0.1) is 11.3 Å². The third kappa shape index (κ3) is 4.07. The number of ether oxygens (including phenoxy) is 1. The van der Waals surface area contributed by atoms with Crippen LogP contribution in [-0.2, 0) is 0 Å². The summed E-state index contributed by atoms with van der Waals surface area (Å²) in [4.78, 5) is 25.0. The molecule has 0 saturated carbocycles. The van der Waals surface area contributed by atoms with E-state index < -0.39 is 5.82 Å². The monoisotopic (exact) mass is 370 g/mol. The normalized spacial score (nSPS) is 10.2. The second-order valence-electron chi connectivity index (χ2n) is 5.31. The summed E-state index contributed by atoms with van der Waals surface area (Å²) in [6.45, 7) is 0. The number of hydrogen-bond acceptors (Lipinski definition) is 4. The SMILES string of the molecule is COc1cc(F)ccc1NC(=O)c1ccc(NC(=O)c2cccs2)cc1. The standard InChI is InChI=1S/C19H15FN2O3S/c1-25-16-11-13(20)6-9-15(16)22-18(23)12-4-7-14(8-5-12)21-19(24)17-3-2-10-26-17/h2-11H,1H3,(H,21,24)(H,22,23). The molecule has 132 valence electrons. The lowest BCUT2D eigenvalue weighted by Crippen LogP contribution is -2.13. The Morgan fingerprint density at radius 1 is 1.00 bits per heavy atom. The number of amides is 2.